The Balaban J connectivity index is 2.10. The van der Waals surface area contributed by atoms with E-state index >= 15 is 0 Å². The summed E-state index contributed by atoms with van der Waals surface area (Å²) in [6.45, 7) is 5.27. The lowest BCUT2D eigenvalue weighted by Gasteiger charge is -2.34. The molecule has 0 aliphatic carbocycles. The standard InChI is InChI=1S/C15H20Cl2N2O3S/c1-11(2)10-14(20)18-6-8-19(9-7-18)23(21,22)13-5-3-4-12(16)15(13)17/h3-5,11H,6-10H2,1-2H3. The second kappa shape index (κ2) is 7.38. The van der Waals surface area contributed by atoms with Gasteiger partial charge in [0.25, 0.3) is 0 Å². The highest BCUT2D eigenvalue weighted by Gasteiger charge is 2.31. The number of carbonyl (C=O) groups excluding carboxylic acids is 1. The van der Waals surface area contributed by atoms with E-state index in [4.69, 9.17) is 23.2 Å². The molecule has 1 aliphatic heterocycles. The number of amides is 1. The first-order chi connectivity index (χ1) is 10.7. The minimum absolute atomic E-state index is 0.00798. The molecule has 0 bridgehead atoms. The Morgan fingerprint density at radius 3 is 2.35 bits per heavy atom. The largest absolute Gasteiger partial charge is 0.340 e. The van der Waals surface area contributed by atoms with E-state index < -0.39 is 10.0 Å². The number of benzene rings is 1. The number of piperazine rings is 1. The Morgan fingerprint density at radius 1 is 1.17 bits per heavy atom. The number of sulfonamides is 1. The van der Waals surface area contributed by atoms with E-state index in [2.05, 4.69) is 0 Å². The van der Waals surface area contributed by atoms with Crippen LogP contribution in [-0.4, -0.2) is 49.7 Å². The third kappa shape index (κ3) is 4.18. The van der Waals surface area contributed by atoms with Crippen LogP contribution < -0.4 is 0 Å². The molecular formula is C15H20Cl2N2O3S. The summed E-state index contributed by atoms with van der Waals surface area (Å²) >= 11 is 11.9. The van der Waals surface area contributed by atoms with Crippen molar-refractivity contribution < 1.29 is 13.2 Å². The number of halogens is 2. The van der Waals surface area contributed by atoms with E-state index in [-0.39, 0.29) is 39.9 Å². The van der Waals surface area contributed by atoms with Gasteiger partial charge in [0, 0.05) is 32.6 Å². The van der Waals surface area contributed by atoms with Crippen LogP contribution in [-0.2, 0) is 14.8 Å². The molecule has 0 spiro atoms. The highest BCUT2D eigenvalue weighted by molar-refractivity contribution is 7.89. The van der Waals surface area contributed by atoms with Crippen LogP contribution in [0.5, 0.6) is 0 Å². The van der Waals surface area contributed by atoms with E-state index in [1.165, 1.54) is 10.4 Å². The fourth-order valence-corrected chi connectivity index (χ4v) is 4.64. The van der Waals surface area contributed by atoms with Gasteiger partial charge in [-0.05, 0) is 18.1 Å². The third-order valence-corrected chi connectivity index (χ3v) is 6.58. The number of hydrogen-bond donors (Lipinski definition) is 0. The zero-order chi connectivity index (χ0) is 17.2. The van der Waals surface area contributed by atoms with Gasteiger partial charge in [-0.2, -0.15) is 4.31 Å². The smallest absolute Gasteiger partial charge is 0.244 e. The van der Waals surface area contributed by atoms with Gasteiger partial charge in [-0.15, -0.1) is 0 Å². The lowest BCUT2D eigenvalue weighted by Crippen LogP contribution is -2.50. The lowest BCUT2D eigenvalue weighted by molar-refractivity contribution is -0.133. The minimum atomic E-state index is -3.71. The van der Waals surface area contributed by atoms with Gasteiger partial charge >= 0.3 is 0 Å². The first-order valence-corrected chi connectivity index (χ1v) is 9.65. The van der Waals surface area contributed by atoms with Crippen LogP contribution >= 0.6 is 23.2 Å². The molecule has 1 aromatic carbocycles. The van der Waals surface area contributed by atoms with E-state index in [9.17, 15) is 13.2 Å². The number of rotatable bonds is 4. The second-order valence-electron chi connectivity index (χ2n) is 5.93. The quantitative estimate of drug-likeness (QED) is 0.808. The molecule has 0 radical (unpaired) electrons. The van der Waals surface area contributed by atoms with Gasteiger partial charge in [0.15, 0.2) is 0 Å². The molecule has 1 fully saturated rings. The van der Waals surface area contributed by atoms with Crippen molar-refractivity contribution in [1.82, 2.24) is 9.21 Å². The Bertz CT molecular complexity index is 684. The average molecular weight is 379 g/mol. The van der Waals surface area contributed by atoms with E-state index in [1.54, 1.807) is 17.0 Å². The molecule has 0 saturated carbocycles. The molecule has 5 nitrogen and oxygen atoms in total. The minimum Gasteiger partial charge on any atom is -0.340 e. The van der Waals surface area contributed by atoms with E-state index in [1.807, 2.05) is 13.8 Å². The Morgan fingerprint density at radius 2 is 1.78 bits per heavy atom. The van der Waals surface area contributed by atoms with Gasteiger partial charge in [0.2, 0.25) is 15.9 Å². The Hall–Kier alpha value is -0.820. The monoisotopic (exact) mass is 378 g/mol. The predicted molar refractivity (Wildman–Crippen MR) is 91.3 cm³/mol. The fourth-order valence-electron chi connectivity index (χ4n) is 2.48. The van der Waals surface area contributed by atoms with Gasteiger partial charge in [0.1, 0.15) is 4.90 Å². The maximum absolute atomic E-state index is 12.7. The summed E-state index contributed by atoms with van der Waals surface area (Å²) in [5, 5.41) is 0.242. The van der Waals surface area contributed by atoms with Gasteiger partial charge in [-0.3, -0.25) is 4.79 Å². The van der Waals surface area contributed by atoms with Gasteiger partial charge in [-0.1, -0.05) is 43.1 Å². The first-order valence-electron chi connectivity index (χ1n) is 7.45. The molecular weight excluding hydrogens is 359 g/mol. The molecule has 23 heavy (non-hydrogen) atoms. The zero-order valence-electron chi connectivity index (χ0n) is 13.1. The van der Waals surface area contributed by atoms with Gasteiger partial charge in [-0.25, -0.2) is 8.42 Å². The van der Waals surface area contributed by atoms with Crippen molar-refractivity contribution in [1.29, 1.82) is 0 Å². The summed E-state index contributed by atoms with van der Waals surface area (Å²) < 4.78 is 26.7. The van der Waals surface area contributed by atoms with Crippen LogP contribution in [0, 0.1) is 5.92 Å². The average Bonchev–Trinajstić information content (AvgIpc) is 2.49. The predicted octanol–water partition coefficient (Wildman–Crippen LogP) is 2.87. The van der Waals surface area contributed by atoms with Crippen molar-refractivity contribution in [3.63, 3.8) is 0 Å². The highest BCUT2D eigenvalue weighted by atomic mass is 35.5. The van der Waals surface area contributed by atoms with Crippen molar-refractivity contribution >= 4 is 39.1 Å². The summed E-state index contributed by atoms with van der Waals surface area (Å²) in [6.07, 6.45) is 0.479. The van der Waals surface area contributed by atoms with Gasteiger partial charge < -0.3 is 4.90 Å². The van der Waals surface area contributed by atoms with Crippen LogP contribution in [0.4, 0.5) is 0 Å². The number of nitrogens with zero attached hydrogens (tertiary/aromatic N) is 2. The zero-order valence-corrected chi connectivity index (χ0v) is 15.5. The number of carbonyl (C=O) groups is 1. The summed E-state index contributed by atoms with van der Waals surface area (Å²) in [5.74, 6) is 0.354. The van der Waals surface area contributed by atoms with Crippen molar-refractivity contribution in [2.24, 2.45) is 5.92 Å². The maximum Gasteiger partial charge on any atom is 0.244 e. The SMILES string of the molecule is CC(C)CC(=O)N1CCN(S(=O)(=O)c2cccc(Cl)c2Cl)CC1. The topological polar surface area (TPSA) is 57.7 Å². The van der Waals surface area contributed by atoms with Crippen LogP contribution in [0.15, 0.2) is 23.1 Å². The maximum atomic E-state index is 12.7. The van der Waals surface area contributed by atoms with Crippen molar-refractivity contribution in [2.75, 3.05) is 26.2 Å². The van der Waals surface area contributed by atoms with Crippen LogP contribution in [0.2, 0.25) is 10.0 Å². The summed E-state index contributed by atoms with van der Waals surface area (Å²) in [6, 6.07) is 4.55. The molecule has 128 valence electrons. The number of hydrogen-bond acceptors (Lipinski definition) is 3. The Kier molecular flexibility index (Phi) is 5.94. The van der Waals surface area contributed by atoms with E-state index in [0.29, 0.717) is 19.5 Å². The molecule has 2 rings (SSSR count). The van der Waals surface area contributed by atoms with Crippen molar-refractivity contribution in [3.05, 3.63) is 28.2 Å². The first kappa shape index (κ1) is 18.5. The third-order valence-electron chi connectivity index (χ3n) is 3.71. The fraction of sp³-hybridized carbons (Fsp3) is 0.533. The highest BCUT2D eigenvalue weighted by Crippen LogP contribution is 2.31. The van der Waals surface area contributed by atoms with Crippen LogP contribution in [0.25, 0.3) is 0 Å². The second-order valence-corrected chi connectivity index (χ2v) is 8.63. The summed E-state index contributed by atoms with van der Waals surface area (Å²) in [4.78, 5) is 13.8. The van der Waals surface area contributed by atoms with Crippen molar-refractivity contribution in [3.8, 4) is 0 Å². The molecule has 1 saturated heterocycles. The normalized spacial score (nSPS) is 16.8. The lowest BCUT2D eigenvalue weighted by atomic mass is 10.1. The van der Waals surface area contributed by atoms with Crippen molar-refractivity contribution in [2.45, 2.75) is 25.2 Å². The molecule has 0 unspecified atom stereocenters. The molecule has 1 aliphatic rings. The molecule has 8 heteroatoms. The van der Waals surface area contributed by atoms with E-state index in [0.717, 1.165) is 0 Å². The molecule has 0 atom stereocenters. The molecule has 1 heterocycles. The molecule has 1 aromatic rings. The Labute approximate surface area is 147 Å². The molecule has 0 aromatic heterocycles. The molecule has 1 amide bonds. The van der Waals surface area contributed by atoms with Gasteiger partial charge in [0.05, 0.1) is 10.0 Å². The van der Waals surface area contributed by atoms with Crippen LogP contribution in [0.1, 0.15) is 20.3 Å². The summed E-state index contributed by atoms with van der Waals surface area (Å²) in [7, 11) is -3.71. The van der Waals surface area contributed by atoms with Crippen LogP contribution in [0.3, 0.4) is 0 Å². The summed E-state index contributed by atoms with van der Waals surface area (Å²) in [5.41, 5.74) is 0. The molecule has 0 N–H and O–H groups in total.